The number of amides is 3. The minimum Gasteiger partial charge on any atom is -0.463 e. The van der Waals surface area contributed by atoms with Crippen LogP contribution in [0.1, 0.15) is 41.4 Å². The zero-order valence-corrected chi connectivity index (χ0v) is 23.8. The average molecular weight is 592 g/mol. The number of hydrogen-bond acceptors (Lipinski definition) is 8. The van der Waals surface area contributed by atoms with E-state index in [4.69, 9.17) is 9.15 Å². The standard InChI is InChI=1S/C35H29NO8/c1-43-34(42)36-32(40)23-14-13-22-25(29(23)33(36)41)16-26-31(39)24(19-8-4-2-5-9-19)17-28(38)35(26,20-10-6-3-7-11-20)30(22)27-15-12-21(18-37)44-27/h2-13,15,17,23,25-26,29-30,37H,14,16,18H2,1H3/t23-,25+,26-,29-,30+,35-/m0/s1. The van der Waals surface area contributed by atoms with E-state index in [9.17, 15) is 29.1 Å². The Bertz CT molecular complexity index is 1770. The number of rotatable bonds is 4. The summed E-state index contributed by atoms with van der Waals surface area (Å²) in [5.41, 5.74) is 0.799. The largest absolute Gasteiger partial charge is 0.463 e. The zero-order valence-electron chi connectivity index (χ0n) is 23.8. The molecule has 222 valence electrons. The van der Waals surface area contributed by atoms with Crippen LogP contribution < -0.4 is 0 Å². The number of allylic oxidation sites excluding steroid dienone is 4. The number of fused-ring (bicyclic) bond motifs is 4. The van der Waals surface area contributed by atoms with Crippen LogP contribution in [-0.2, 0) is 35.9 Å². The second-order valence-electron chi connectivity index (χ2n) is 11.7. The molecule has 0 spiro atoms. The van der Waals surface area contributed by atoms with E-state index < -0.39 is 52.9 Å². The highest BCUT2D eigenvalue weighted by Gasteiger charge is 2.67. The lowest BCUT2D eigenvalue weighted by Crippen LogP contribution is -2.58. The number of imide groups is 3. The van der Waals surface area contributed by atoms with Crippen LogP contribution in [0.5, 0.6) is 0 Å². The van der Waals surface area contributed by atoms with Gasteiger partial charge in [0.2, 0.25) is 11.8 Å². The van der Waals surface area contributed by atoms with E-state index in [1.165, 1.54) is 6.08 Å². The number of ketones is 2. The molecule has 3 amide bonds. The molecule has 6 atom stereocenters. The number of nitrogens with zero attached hydrogens (tertiary/aromatic N) is 1. The maximum absolute atomic E-state index is 14.8. The zero-order chi connectivity index (χ0) is 30.7. The summed E-state index contributed by atoms with van der Waals surface area (Å²) in [6.07, 6.45) is 2.54. The molecular formula is C35H29NO8. The van der Waals surface area contributed by atoms with Crippen molar-refractivity contribution >= 4 is 35.0 Å². The van der Waals surface area contributed by atoms with E-state index in [1.807, 2.05) is 42.5 Å². The SMILES string of the molecule is COC(=O)N1C(=O)[C@H]2[C@H](CC=C3[C@H]2C[C@H]2C(=O)C(c4ccccc4)=CC(=O)[C@@]2(c2ccccc2)[C@H]3c2ccc(CO)o2)C1=O. The van der Waals surface area contributed by atoms with E-state index in [-0.39, 0.29) is 42.3 Å². The van der Waals surface area contributed by atoms with Crippen LogP contribution in [0, 0.1) is 23.7 Å². The van der Waals surface area contributed by atoms with Gasteiger partial charge in [-0.1, -0.05) is 72.3 Å². The first-order chi connectivity index (χ1) is 21.3. The monoisotopic (exact) mass is 591 g/mol. The van der Waals surface area contributed by atoms with Crippen molar-refractivity contribution in [2.45, 2.75) is 30.8 Å². The Kier molecular flexibility index (Phi) is 6.58. The fraction of sp³-hybridized carbons (Fsp3) is 0.286. The lowest BCUT2D eigenvalue weighted by atomic mass is 9.45. The number of aliphatic hydroxyl groups is 1. The second-order valence-corrected chi connectivity index (χ2v) is 11.7. The number of Topliss-reactive ketones (excluding diaryl/α,β-unsaturated/α-hetero) is 1. The molecule has 1 aromatic heterocycles. The van der Waals surface area contributed by atoms with Gasteiger partial charge in [0.05, 0.1) is 30.3 Å². The van der Waals surface area contributed by atoms with Crippen molar-refractivity contribution in [3.63, 3.8) is 0 Å². The van der Waals surface area contributed by atoms with Gasteiger partial charge in [0.25, 0.3) is 0 Å². The summed E-state index contributed by atoms with van der Waals surface area (Å²) < 4.78 is 10.9. The molecule has 1 saturated carbocycles. The molecule has 4 aliphatic rings. The summed E-state index contributed by atoms with van der Waals surface area (Å²) in [7, 11) is 1.11. The maximum Gasteiger partial charge on any atom is 0.423 e. The van der Waals surface area contributed by atoms with Gasteiger partial charge in [-0.05, 0) is 48.1 Å². The van der Waals surface area contributed by atoms with Crippen LogP contribution in [0.3, 0.4) is 0 Å². The first kappa shape index (κ1) is 27.9. The van der Waals surface area contributed by atoms with Crippen LogP contribution in [0.25, 0.3) is 5.57 Å². The summed E-state index contributed by atoms with van der Waals surface area (Å²) in [5.74, 6) is -5.27. The maximum atomic E-state index is 14.8. The van der Waals surface area contributed by atoms with E-state index in [0.29, 0.717) is 27.4 Å². The summed E-state index contributed by atoms with van der Waals surface area (Å²) in [6.45, 7) is -0.367. The highest BCUT2D eigenvalue weighted by molar-refractivity contribution is 6.31. The Morgan fingerprint density at radius 1 is 0.955 bits per heavy atom. The number of likely N-dealkylation sites (tertiary alicyclic amines) is 1. The first-order valence-electron chi connectivity index (χ1n) is 14.6. The summed E-state index contributed by atoms with van der Waals surface area (Å²) in [4.78, 5) is 69.7. The van der Waals surface area contributed by atoms with Gasteiger partial charge < -0.3 is 14.3 Å². The number of ether oxygens (including phenoxy) is 1. The smallest absolute Gasteiger partial charge is 0.423 e. The number of methoxy groups -OCH3 is 1. The Labute approximate surface area is 252 Å². The summed E-state index contributed by atoms with van der Waals surface area (Å²) >= 11 is 0. The first-order valence-corrected chi connectivity index (χ1v) is 14.6. The van der Waals surface area contributed by atoms with Gasteiger partial charge >= 0.3 is 6.09 Å². The Morgan fingerprint density at radius 3 is 2.32 bits per heavy atom. The van der Waals surface area contributed by atoms with Gasteiger partial charge in [-0.15, -0.1) is 0 Å². The lowest BCUT2D eigenvalue weighted by molar-refractivity contribution is -0.138. The van der Waals surface area contributed by atoms with Crippen molar-refractivity contribution in [1.29, 1.82) is 0 Å². The van der Waals surface area contributed by atoms with Gasteiger partial charge in [-0.25, -0.2) is 4.79 Å². The number of carbonyl (C=O) groups is 5. The molecule has 2 fully saturated rings. The fourth-order valence-electron chi connectivity index (χ4n) is 8.09. The van der Waals surface area contributed by atoms with Crippen LogP contribution in [-0.4, -0.2) is 46.6 Å². The molecule has 0 unspecified atom stereocenters. The topological polar surface area (TPSA) is 131 Å². The van der Waals surface area contributed by atoms with E-state index in [2.05, 4.69) is 0 Å². The van der Waals surface area contributed by atoms with Crippen molar-refractivity contribution in [2.24, 2.45) is 23.7 Å². The Morgan fingerprint density at radius 2 is 1.66 bits per heavy atom. The predicted molar refractivity (Wildman–Crippen MR) is 155 cm³/mol. The van der Waals surface area contributed by atoms with E-state index in [0.717, 1.165) is 7.11 Å². The van der Waals surface area contributed by atoms with Gasteiger partial charge in [-0.3, -0.25) is 19.2 Å². The number of aliphatic hydroxyl groups excluding tert-OH is 1. The third kappa shape index (κ3) is 3.78. The van der Waals surface area contributed by atoms with Crippen molar-refractivity contribution < 1.29 is 38.2 Å². The molecule has 2 aromatic carbocycles. The molecule has 44 heavy (non-hydrogen) atoms. The van der Waals surface area contributed by atoms with Crippen molar-refractivity contribution in [3.8, 4) is 0 Å². The van der Waals surface area contributed by atoms with Crippen LogP contribution in [0.15, 0.2) is 94.9 Å². The quantitative estimate of drug-likeness (QED) is 0.350. The molecular weight excluding hydrogens is 562 g/mol. The molecule has 1 N–H and O–H groups in total. The third-order valence-corrected chi connectivity index (χ3v) is 9.86. The highest BCUT2D eigenvalue weighted by atomic mass is 16.5. The Hall–Kier alpha value is -4.89. The molecule has 3 aromatic rings. The number of furan rings is 1. The Balaban J connectivity index is 1.48. The molecule has 3 aliphatic carbocycles. The van der Waals surface area contributed by atoms with Gasteiger partial charge in [0.15, 0.2) is 11.6 Å². The molecule has 0 bridgehead atoms. The number of benzene rings is 2. The molecule has 2 heterocycles. The third-order valence-electron chi connectivity index (χ3n) is 9.86. The molecule has 1 saturated heterocycles. The molecule has 9 nitrogen and oxygen atoms in total. The van der Waals surface area contributed by atoms with Crippen LogP contribution in [0.2, 0.25) is 0 Å². The van der Waals surface area contributed by atoms with Crippen molar-refractivity contribution in [1.82, 2.24) is 4.90 Å². The minimum atomic E-state index is -1.43. The van der Waals surface area contributed by atoms with Crippen LogP contribution in [0.4, 0.5) is 4.79 Å². The summed E-state index contributed by atoms with van der Waals surface area (Å²) in [6, 6.07) is 21.4. The number of carbonyl (C=O) groups excluding carboxylic acids is 5. The normalized spacial score (nSPS) is 29.4. The minimum absolute atomic E-state index is 0.106. The average Bonchev–Trinajstić information content (AvgIpc) is 3.63. The van der Waals surface area contributed by atoms with E-state index >= 15 is 0 Å². The summed E-state index contributed by atoms with van der Waals surface area (Å²) in [5, 5.41) is 9.87. The van der Waals surface area contributed by atoms with E-state index in [1.54, 1.807) is 36.4 Å². The molecule has 0 radical (unpaired) electrons. The predicted octanol–water partition coefficient (Wildman–Crippen LogP) is 4.36. The van der Waals surface area contributed by atoms with Crippen molar-refractivity contribution in [3.05, 3.63) is 113 Å². The van der Waals surface area contributed by atoms with Gasteiger partial charge in [-0.2, -0.15) is 4.90 Å². The van der Waals surface area contributed by atoms with Crippen molar-refractivity contribution in [2.75, 3.05) is 7.11 Å². The second kappa shape index (κ2) is 10.4. The fourth-order valence-corrected chi connectivity index (χ4v) is 8.09. The molecule has 1 aliphatic heterocycles. The van der Waals surface area contributed by atoms with Gasteiger partial charge in [0, 0.05) is 11.5 Å². The van der Waals surface area contributed by atoms with Crippen LogP contribution >= 0.6 is 0 Å². The highest BCUT2D eigenvalue weighted by Crippen LogP contribution is 2.63. The lowest BCUT2D eigenvalue weighted by Gasteiger charge is -2.54. The molecule has 9 heteroatoms. The van der Waals surface area contributed by atoms with Gasteiger partial charge in [0.1, 0.15) is 18.1 Å². The number of hydrogen-bond donors (Lipinski definition) is 1. The molecule has 7 rings (SSSR count).